The Morgan fingerprint density at radius 2 is 1.90 bits per heavy atom. The SMILES string of the molecule is CCCC(Nc1cc(C(=O)O)ccc1C)c1ccccc1. The molecule has 0 aliphatic heterocycles. The zero-order chi connectivity index (χ0) is 15.2. The molecule has 0 spiro atoms. The molecule has 1 atom stereocenters. The number of benzene rings is 2. The first-order valence-corrected chi connectivity index (χ1v) is 7.27. The van der Waals surface area contributed by atoms with Crippen LogP contribution in [0.4, 0.5) is 5.69 Å². The van der Waals surface area contributed by atoms with Crippen LogP contribution in [0.15, 0.2) is 48.5 Å². The third kappa shape index (κ3) is 3.85. The summed E-state index contributed by atoms with van der Waals surface area (Å²) in [6, 6.07) is 15.7. The van der Waals surface area contributed by atoms with E-state index in [0.29, 0.717) is 5.56 Å². The molecule has 0 radical (unpaired) electrons. The topological polar surface area (TPSA) is 49.3 Å². The van der Waals surface area contributed by atoms with Gasteiger partial charge < -0.3 is 10.4 Å². The Hall–Kier alpha value is -2.29. The van der Waals surface area contributed by atoms with E-state index in [1.165, 1.54) is 5.56 Å². The summed E-state index contributed by atoms with van der Waals surface area (Å²) in [5, 5.41) is 12.6. The van der Waals surface area contributed by atoms with Crippen molar-refractivity contribution in [3.05, 3.63) is 65.2 Å². The first kappa shape index (κ1) is 15.1. The molecule has 0 heterocycles. The molecule has 21 heavy (non-hydrogen) atoms. The van der Waals surface area contributed by atoms with Crippen LogP contribution in [0.3, 0.4) is 0 Å². The summed E-state index contributed by atoms with van der Waals surface area (Å²) in [4.78, 5) is 11.1. The summed E-state index contributed by atoms with van der Waals surface area (Å²) in [7, 11) is 0. The molecule has 110 valence electrons. The van der Waals surface area contributed by atoms with Gasteiger partial charge in [-0.25, -0.2) is 4.79 Å². The fourth-order valence-corrected chi connectivity index (χ4v) is 2.39. The van der Waals surface area contributed by atoms with Crippen LogP contribution in [0.2, 0.25) is 0 Å². The number of nitrogens with one attached hydrogen (secondary N) is 1. The summed E-state index contributed by atoms with van der Waals surface area (Å²) in [6.45, 7) is 4.14. The van der Waals surface area contributed by atoms with E-state index >= 15 is 0 Å². The minimum absolute atomic E-state index is 0.193. The van der Waals surface area contributed by atoms with Crippen molar-refractivity contribution in [3.63, 3.8) is 0 Å². The van der Waals surface area contributed by atoms with Gasteiger partial charge in [-0.1, -0.05) is 49.7 Å². The van der Waals surface area contributed by atoms with Crippen LogP contribution in [0.5, 0.6) is 0 Å². The van der Waals surface area contributed by atoms with Gasteiger partial charge in [-0.05, 0) is 36.6 Å². The van der Waals surface area contributed by atoms with Gasteiger partial charge in [-0.3, -0.25) is 0 Å². The number of carbonyl (C=O) groups is 1. The Balaban J connectivity index is 2.28. The van der Waals surface area contributed by atoms with Gasteiger partial charge >= 0.3 is 5.97 Å². The van der Waals surface area contributed by atoms with Gasteiger partial charge in [0.15, 0.2) is 0 Å². The third-order valence-electron chi connectivity index (χ3n) is 3.59. The van der Waals surface area contributed by atoms with Gasteiger partial charge in [0, 0.05) is 5.69 Å². The molecule has 0 aliphatic rings. The van der Waals surface area contributed by atoms with Crippen LogP contribution >= 0.6 is 0 Å². The van der Waals surface area contributed by atoms with Crippen LogP contribution in [-0.4, -0.2) is 11.1 Å². The monoisotopic (exact) mass is 283 g/mol. The van der Waals surface area contributed by atoms with Crippen LogP contribution in [0.1, 0.15) is 47.3 Å². The minimum Gasteiger partial charge on any atom is -0.478 e. The average molecular weight is 283 g/mol. The summed E-state index contributed by atoms with van der Waals surface area (Å²) < 4.78 is 0. The second kappa shape index (κ2) is 6.93. The van der Waals surface area contributed by atoms with Gasteiger partial charge in [0.05, 0.1) is 11.6 Å². The second-order valence-corrected chi connectivity index (χ2v) is 5.23. The average Bonchev–Trinajstić information content (AvgIpc) is 2.49. The van der Waals surface area contributed by atoms with Gasteiger partial charge in [0.1, 0.15) is 0 Å². The predicted molar refractivity (Wildman–Crippen MR) is 85.9 cm³/mol. The van der Waals surface area contributed by atoms with Crippen LogP contribution in [-0.2, 0) is 0 Å². The standard InChI is InChI=1S/C18H21NO2/c1-3-7-16(14-8-5-4-6-9-14)19-17-12-15(18(20)21)11-10-13(17)2/h4-6,8-12,16,19H,3,7H2,1-2H3,(H,20,21). The zero-order valence-electron chi connectivity index (χ0n) is 12.5. The molecule has 2 rings (SSSR count). The highest BCUT2D eigenvalue weighted by Crippen LogP contribution is 2.26. The molecule has 0 fully saturated rings. The lowest BCUT2D eigenvalue weighted by Gasteiger charge is -2.21. The lowest BCUT2D eigenvalue weighted by molar-refractivity contribution is 0.0697. The maximum absolute atomic E-state index is 11.1. The smallest absolute Gasteiger partial charge is 0.335 e. The predicted octanol–water partition coefficient (Wildman–Crippen LogP) is 4.65. The fourth-order valence-electron chi connectivity index (χ4n) is 2.39. The fraction of sp³-hybridized carbons (Fsp3) is 0.278. The van der Waals surface area contributed by atoms with E-state index in [2.05, 4.69) is 24.4 Å². The van der Waals surface area contributed by atoms with Gasteiger partial charge in [-0.2, -0.15) is 0 Å². The highest BCUT2D eigenvalue weighted by atomic mass is 16.4. The van der Waals surface area contributed by atoms with Crippen LogP contribution in [0, 0.1) is 6.92 Å². The van der Waals surface area contributed by atoms with Crippen LogP contribution < -0.4 is 5.32 Å². The Bertz CT molecular complexity index is 608. The van der Waals surface area contributed by atoms with Crippen molar-refractivity contribution in [1.29, 1.82) is 0 Å². The molecule has 0 bridgehead atoms. The Morgan fingerprint density at radius 1 is 1.19 bits per heavy atom. The van der Waals surface area contributed by atoms with E-state index < -0.39 is 5.97 Å². The summed E-state index contributed by atoms with van der Waals surface area (Å²) in [5.74, 6) is -0.898. The second-order valence-electron chi connectivity index (χ2n) is 5.23. The van der Waals surface area contributed by atoms with Crippen molar-refractivity contribution in [3.8, 4) is 0 Å². The van der Waals surface area contributed by atoms with Crippen molar-refractivity contribution in [2.45, 2.75) is 32.7 Å². The number of anilines is 1. The molecule has 0 aliphatic carbocycles. The van der Waals surface area contributed by atoms with E-state index in [4.69, 9.17) is 5.11 Å². The minimum atomic E-state index is -0.898. The summed E-state index contributed by atoms with van der Waals surface area (Å²) in [5.41, 5.74) is 3.47. The zero-order valence-corrected chi connectivity index (χ0v) is 12.5. The van der Waals surface area contributed by atoms with Gasteiger partial charge in [0.2, 0.25) is 0 Å². The van der Waals surface area contributed by atoms with E-state index in [-0.39, 0.29) is 6.04 Å². The van der Waals surface area contributed by atoms with Crippen molar-refractivity contribution in [2.24, 2.45) is 0 Å². The van der Waals surface area contributed by atoms with Crippen LogP contribution in [0.25, 0.3) is 0 Å². The normalized spacial score (nSPS) is 11.9. The van der Waals surface area contributed by atoms with Crippen molar-refractivity contribution >= 4 is 11.7 Å². The van der Waals surface area contributed by atoms with E-state index in [0.717, 1.165) is 24.1 Å². The highest BCUT2D eigenvalue weighted by molar-refractivity contribution is 5.89. The van der Waals surface area contributed by atoms with E-state index in [9.17, 15) is 4.79 Å². The number of carboxylic acid groups (broad SMARTS) is 1. The first-order valence-electron chi connectivity index (χ1n) is 7.27. The number of aromatic carboxylic acids is 1. The van der Waals surface area contributed by atoms with E-state index in [1.807, 2.05) is 31.2 Å². The molecule has 3 nitrogen and oxygen atoms in total. The molecule has 3 heteroatoms. The third-order valence-corrected chi connectivity index (χ3v) is 3.59. The molecule has 2 aromatic carbocycles. The summed E-state index contributed by atoms with van der Waals surface area (Å²) >= 11 is 0. The van der Waals surface area contributed by atoms with Crippen molar-refractivity contribution in [2.75, 3.05) is 5.32 Å². The lowest BCUT2D eigenvalue weighted by atomic mass is 10.0. The number of carboxylic acids is 1. The molecular formula is C18H21NO2. The quantitative estimate of drug-likeness (QED) is 0.811. The number of hydrogen-bond donors (Lipinski definition) is 2. The molecule has 0 aromatic heterocycles. The van der Waals surface area contributed by atoms with Gasteiger partial charge in [-0.15, -0.1) is 0 Å². The van der Waals surface area contributed by atoms with Crippen molar-refractivity contribution < 1.29 is 9.90 Å². The maximum atomic E-state index is 11.1. The summed E-state index contributed by atoms with van der Waals surface area (Å²) in [6.07, 6.45) is 2.06. The molecule has 0 saturated carbocycles. The highest BCUT2D eigenvalue weighted by Gasteiger charge is 2.13. The molecule has 0 saturated heterocycles. The largest absolute Gasteiger partial charge is 0.478 e. The maximum Gasteiger partial charge on any atom is 0.335 e. The Morgan fingerprint density at radius 3 is 2.52 bits per heavy atom. The molecule has 1 unspecified atom stereocenters. The number of rotatable bonds is 6. The molecule has 2 N–H and O–H groups in total. The van der Waals surface area contributed by atoms with E-state index in [1.54, 1.807) is 12.1 Å². The number of aryl methyl sites for hydroxylation is 1. The molecule has 2 aromatic rings. The molecule has 0 amide bonds. The Kier molecular flexibility index (Phi) is 4.99. The number of hydrogen-bond acceptors (Lipinski definition) is 2. The van der Waals surface area contributed by atoms with Crippen molar-refractivity contribution in [1.82, 2.24) is 0 Å². The lowest BCUT2D eigenvalue weighted by Crippen LogP contribution is -2.12. The Labute approximate surface area is 125 Å². The first-order chi connectivity index (χ1) is 10.1. The molecular weight excluding hydrogens is 262 g/mol. The van der Waals surface area contributed by atoms with Gasteiger partial charge in [0.25, 0.3) is 0 Å².